The van der Waals surface area contributed by atoms with E-state index in [0.717, 1.165) is 25.7 Å². The molecule has 1 aromatic carbocycles. The number of carbonyl (C=O) groups excluding carboxylic acids is 2. The largest absolute Gasteiger partial charge is 0.497 e. The highest BCUT2D eigenvalue weighted by Gasteiger charge is 2.33. The van der Waals surface area contributed by atoms with Gasteiger partial charge in [0.2, 0.25) is 21.8 Å². The maximum Gasteiger partial charge on any atom is 0.243 e. The number of carbonyl (C=O) groups is 2. The average molecular weight is 452 g/mol. The van der Waals surface area contributed by atoms with Crippen LogP contribution in [0.4, 0.5) is 0 Å². The summed E-state index contributed by atoms with van der Waals surface area (Å²) < 4.78 is 32.4. The zero-order chi connectivity index (χ0) is 22.3. The Morgan fingerprint density at radius 1 is 1.03 bits per heavy atom. The molecule has 1 aliphatic heterocycles. The number of piperidine rings is 1. The zero-order valence-electron chi connectivity index (χ0n) is 18.1. The van der Waals surface area contributed by atoms with Gasteiger partial charge in [0.25, 0.3) is 0 Å². The minimum absolute atomic E-state index is 0.0724. The van der Waals surface area contributed by atoms with Crippen LogP contribution in [0, 0.1) is 5.92 Å². The topological polar surface area (TPSA) is 105 Å². The van der Waals surface area contributed by atoms with E-state index in [2.05, 4.69) is 10.6 Å². The SMILES string of the molecule is COc1ccc(S(=O)(=O)N2CCCC(C(=O)NCC(=O)NC3CCCCCC3)C2)cc1. The van der Waals surface area contributed by atoms with Crippen molar-refractivity contribution in [3.05, 3.63) is 24.3 Å². The molecule has 2 fully saturated rings. The van der Waals surface area contributed by atoms with Gasteiger partial charge in [-0.25, -0.2) is 8.42 Å². The number of nitrogens with zero attached hydrogens (tertiary/aromatic N) is 1. The molecule has 2 N–H and O–H groups in total. The van der Waals surface area contributed by atoms with Gasteiger partial charge in [0, 0.05) is 19.1 Å². The van der Waals surface area contributed by atoms with Crippen molar-refractivity contribution in [1.29, 1.82) is 0 Å². The second-order valence-corrected chi connectivity index (χ2v) is 10.3. The quantitative estimate of drug-likeness (QED) is 0.618. The van der Waals surface area contributed by atoms with Crippen molar-refractivity contribution in [3.8, 4) is 5.75 Å². The Hall–Kier alpha value is -2.13. The fourth-order valence-corrected chi connectivity index (χ4v) is 5.81. The molecule has 31 heavy (non-hydrogen) atoms. The molecule has 0 spiro atoms. The third-order valence-electron chi connectivity index (χ3n) is 6.10. The molecule has 172 valence electrons. The third kappa shape index (κ3) is 6.43. The molecule has 2 aliphatic rings. The molecule has 0 bridgehead atoms. The zero-order valence-corrected chi connectivity index (χ0v) is 19.0. The van der Waals surface area contributed by atoms with E-state index in [1.54, 1.807) is 12.1 Å². The van der Waals surface area contributed by atoms with E-state index in [1.807, 2.05) is 0 Å². The smallest absolute Gasteiger partial charge is 0.243 e. The van der Waals surface area contributed by atoms with Crippen LogP contribution >= 0.6 is 0 Å². The van der Waals surface area contributed by atoms with Crippen molar-refractivity contribution >= 4 is 21.8 Å². The summed E-state index contributed by atoms with van der Waals surface area (Å²) in [5.74, 6) is -0.339. The molecule has 8 nitrogen and oxygen atoms in total. The Bertz CT molecular complexity index is 848. The van der Waals surface area contributed by atoms with Gasteiger partial charge in [0.1, 0.15) is 5.75 Å². The first-order valence-electron chi connectivity index (χ1n) is 11.1. The molecule has 1 heterocycles. The molecule has 1 aliphatic carbocycles. The number of methoxy groups -OCH3 is 1. The van der Waals surface area contributed by atoms with Crippen molar-refractivity contribution in [3.63, 3.8) is 0 Å². The van der Waals surface area contributed by atoms with E-state index in [9.17, 15) is 18.0 Å². The molecule has 0 radical (unpaired) electrons. The molecule has 1 saturated carbocycles. The molecule has 2 amide bonds. The predicted molar refractivity (Wildman–Crippen MR) is 117 cm³/mol. The van der Waals surface area contributed by atoms with E-state index in [-0.39, 0.29) is 35.8 Å². The standard InChI is InChI=1S/C22H33N3O5S/c1-30-19-10-12-20(13-11-19)31(28,29)25-14-6-7-17(16-25)22(27)23-15-21(26)24-18-8-4-2-3-5-9-18/h10-13,17-18H,2-9,14-16H2,1H3,(H,23,27)(H,24,26). The fourth-order valence-electron chi connectivity index (χ4n) is 4.29. The van der Waals surface area contributed by atoms with Crippen LogP contribution in [0.5, 0.6) is 5.75 Å². The van der Waals surface area contributed by atoms with Crippen LogP contribution in [0.3, 0.4) is 0 Å². The Balaban J connectivity index is 1.51. The summed E-state index contributed by atoms with van der Waals surface area (Å²) in [7, 11) is -2.17. The highest BCUT2D eigenvalue weighted by Crippen LogP contribution is 2.25. The van der Waals surface area contributed by atoms with Crippen LogP contribution in [-0.4, -0.2) is 57.3 Å². The molecule has 0 aromatic heterocycles. The number of hydrogen-bond acceptors (Lipinski definition) is 5. The highest BCUT2D eigenvalue weighted by atomic mass is 32.2. The summed E-state index contributed by atoms with van der Waals surface area (Å²) in [6.45, 7) is 0.418. The maximum absolute atomic E-state index is 13.0. The van der Waals surface area contributed by atoms with E-state index >= 15 is 0 Å². The predicted octanol–water partition coefficient (Wildman–Crippen LogP) is 2.05. The van der Waals surface area contributed by atoms with Crippen LogP contribution in [0.2, 0.25) is 0 Å². The van der Waals surface area contributed by atoms with Crippen LogP contribution in [0.25, 0.3) is 0 Å². The minimum atomic E-state index is -3.69. The Morgan fingerprint density at radius 2 is 1.71 bits per heavy atom. The normalized spacial score (nSPS) is 21.1. The van der Waals surface area contributed by atoms with Crippen molar-refractivity contribution in [2.24, 2.45) is 5.92 Å². The summed E-state index contributed by atoms with van der Waals surface area (Å²) in [6, 6.07) is 6.42. The lowest BCUT2D eigenvalue weighted by atomic mass is 9.99. The minimum Gasteiger partial charge on any atom is -0.497 e. The number of sulfonamides is 1. The maximum atomic E-state index is 13.0. The second-order valence-electron chi connectivity index (χ2n) is 8.35. The fraction of sp³-hybridized carbons (Fsp3) is 0.636. The van der Waals surface area contributed by atoms with Gasteiger partial charge in [0.05, 0.1) is 24.5 Å². The van der Waals surface area contributed by atoms with Gasteiger partial charge in [0.15, 0.2) is 0 Å². The van der Waals surface area contributed by atoms with Gasteiger partial charge < -0.3 is 15.4 Å². The van der Waals surface area contributed by atoms with Crippen molar-refractivity contribution in [2.75, 3.05) is 26.7 Å². The monoisotopic (exact) mass is 451 g/mol. The molecular formula is C22H33N3O5S. The molecule has 9 heteroatoms. The summed E-state index contributed by atoms with van der Waals surface area (Å²) in [6.07, 6.45) is 7.84. The van der Waals surface area contributed by atoms with Crippen LogP contribution in [0.15, 0.2) is 29.2 Å². The molecule has 1 atom stereocenters. The van der Waals surface area contributed by atoms with Crippen LogP contribution in [-0.2, 0) is 19.6 Å². The highest BCUT2D eigenvalue weighted by molar-refractivity contribution is 7.89. The van der Waals surface area contributed by atoms with Gasteiger partial charge in [-0.05, 0) is 49.9 Å². The van der Waals surface area contributed by atoms with Gasteiger partial charge in [-0.2, -0.15) is 4.31 Å². The van der Waals surface area contributed by atoms with E-state index in [1.165, 1.54) is 36.4 Å². The average Bonchev–Trinajstić information content (AvgIpc) is 3.06. The first-order valence-corrected chi connectivity index (χ1v) is 12.6. The molecule has 1 aromatic rings. The van der Waals surface area contributed by atoms with Crippen molar-refractivity contribution in [2.45, 2.75) is 62.3 Å². The van der Waals surface area contributed by atoms with Gasteiger partial charge in [-0.1, -0.05) is 25.7 Å². The number of amides is 2. The number of rotatable bonds is 7. The Kier molecular flexibility index (Phi) is 8.31. The van der Waals surface area contributed by atoms with Gasteiger partial charge >= 0.3 is 0 Å². The number of ether oxygens (including phenoxy) is 1. The van der Waals surface area contributed by atoms with Crippen LogP contribution < -0.4 is 15.4 Å². The molecular weight excluding hydrogens is 418 g/mol. The number of hydrogen-bond donors (Lipinski definition) is 2. The lowest BCUT2D eigenvalue weighted by Crippen LogP contribution is -2.48. The molecule has 1 saturated heterocycles. The van der Waals surface area contributed by atoms with E-state index in [0.29, 0.717) is 25.1 Å². The lowest BCUT2D eigenvalue weighted by molar-refractivity contribution is -0.129. The first-order chi connectivity index (χ1) is 14.9. The third-order valence-corrected chi connectivity index (χ3v) is 7.97. The van der Waals surface area contributed by atoms with E-state index in [4.69, 9.17) is 4.74 Å². The number of benzene rings is 1. The first kappa shape index (κ1) is 23.5. The number of nitrogens with one attached hydrogen (secondary N) is 2. The second kappa shape index (κ2) is 10.9. The van der Waals surface area contributed by atoms with Crippen LogP contribution in [0.1, 0.15) is 51.4 Å². The summed E-state index contributed by atoms with van der Waals surface area (Å²) in [5.41, 5.74) is 0. The van der Waals surface area contributed by atoms with Gasteiger partial charge in [-0.3, -0.25) is 9.59 Å². The summed E-state index contributed by atoms with van der Waals surface area (Å²) in [4.78, 5) is 25.0. The Morgan fingerprint density at radius 3 is 2.35 bits per heavy atom. The van der Waals surface area contributed by atoms with Crippen molar-refractivity contribution < 1.29 is 22.7 Å². The Labute approximate surface area is 184 Å². The summed E-state index contributed by atoms with van der Waals surface area (Å²) >= 11 is 0. The molecule has 1 unspecified atom stereocenters. The summed E-state index contributed by atoms with van der Waals surface area (Å²) in [5, 5.41) is 5.71. The molecule has 3 rings (SSSR count). The van der Waals surface area contributed by atoms with Gasteiger partial charge in [-0.15, -0.1) is 0 Å². The van der Waals surface area contributed by atoms with E-state index < -0.39 is 15.9 Å². The van der Waals surface area contributed by atoms with Crippen molar-refractivity contribution in [1.82, 2.24) is 14.9 Å². The lowest BCUT2D eigenvalue weighted by Gasteiger charge is -2.31.